The molecule has 8 heteroatoms. The van der Waals surface area contributed by atoms with E-state index in [1.807, 2.05) is 11.9 Å². The second kappa shape index (κ2) is 8.51. The number of carboxylic acid groups (broad SMARTS) is 1. The second-order valence-electron chi connectivity index (χ2n) is 7.91. The fourth-order valence-corrected chi connectivity index (χ4v) is 4.58. The first-order chi connectivity index (χ1) is 13.7. The van der Waals surface area contributed by atoms with Crippen molar-refractivity contribution < 1.29 is 34.1 Å². The Morgan fingerprint density at radius 2 is 1.79 bits per heavy atom. The normalized spacial score (nSPS) is 29.9. The Bertz CT molecular complexity index is 778. The van der Waals surface area contributed by atoms with Gasteiger partial charge in [0.15, 0.2) is 0 Å². The van der Waals surface area contributed by atoms with Crippen molar-refractivity contribution in [1.82, 2.24) is 4.90 Å². The summed E-state index contributed by atoms with van der Waals surface area (Å²) in [6, 6.07) is 6.29. The Labute approximate surface area is 169 Å². The molecule has 6 atom stereocenters. The lowest BCUT2D eigenvalue weighted by atomic mass is 9.86. The molecule has 2 aliphatic rings. The van der Waals surface area contributed by atoms with Gasteiger partial charge in [-0.05, 0) is 43.5 Å². The maximum absolute atomic E-state index is 12.7. The molecule has 0 aromatic heterocycles. The van der Waals surface area contributed by atoms with Crippen molar-refractivity contribution in [3.63, 3.8) is 0 Å². The van der Waals surface area contributed by atoms with Crippen LogP contribution in [0.25, 0.3) is 0 Å². The van der Waals surface area contributed by atoms with Crippen LogP contribution in [0, 0.1) is 5.92 Å². The van der Waals surface area contributed by atoms with Gasteiger partial charge < -0.3 is 19.7 Å². The number of piperidine rings is 1. The maximum Gasteiger partial charge on any atom is 0.338 e. The zero-order chi connectivity index (χ0) is 21.3. The van der Waals surface area contributed by atoms with Crippen LogP contribution in [0.5, 0.6) is 0 Å². The Morgan fingerprint density at radius 3 is 2.38 bits per heavy atom. The van der Waals surface area contributed by atoms with Crippen LogP contribution in [0.4, 0.5) is 0 Å². The fraction of sp³-hybridized carbons (Fsp3) is 0.571. The molecule has 2 unspecified atom stereocenters. The van der Waals surface area contributed by atoms with Gasteiger partial charge in [0.1, 0.15) is 18.1 Å². The van der Waals surface area contributed by atoms with Crippen molar-refractivity contribution >= 4 is 17.9 Å². The number of aliphatic carboxylic acids is 1. The quantitative estimate of drug-likeness (QED) is 0.683. The van der Waals surface area contributed by atoms with E-state index in [1.54, 1.807) is 31.2 Å². The smallest absolute Gasteiger partial charge is 0.338 e. The van der Waals surface area contributed by atoms with Crippen molar-refractivity contribution in [2.75, 3.05) is 14.2 Å². The molecule has 2 fully saturated rings. The van der Waals surface area contributed by atoms with Gasteiger partial charge in [-0.2, -0.15) is 0 Å². The summed E-state index contributed by atoms with van der Waals surface area (Å²) in [5, 5.41) is 19.7. The van der Waals surface area contributed by atoms with E-state index < -0.39 is 36.0 Å². The standard InChI is InChI=1S/C21H27NO7/c1-11(10-16(23)24)12-4-6-13(7-5-12)20(26)29-19-15-9-8-14(22(15)2)17(18(19)25)21(27)28-3/h4-7,11,14-15,17-19,25H,8-10H2,1-3H3,(H,23,24)/t11?,14-,15+,17-,18-,19?/m1/s1. The summed E-state index contributed by atoms with van der Waals surface area (Å²) in [5.41, 5.74) is 1.12. The van der Waals surface area contributed by atoms with Gasteiger partial charge in [0.05, 0.1) is 19.1 Å². The summed E-state index contributed by atoms with van der Waals surface area (Å²) in [5.74, 6) is -2.92. The molecule has 158 valence electrons. The molecule has 2 bridgehead atoms. The van der Waals surface area contributed by atoms with E-state index in [4.69, 9.17) is 14.6 Å². The molecule has 1 aromatic rings. The first-order valence-corrected chi connectivity index (χ1v) is 9.75. The molecule has 0 aliphatic carbocycles. The number of nitrogens with zero attached hydrogens (tertiary/aromatic N) is 1. The monoisotopic (exact) mass is 405 g/mol. The first-order valence-electron chi connectivity index (χ1n) is 9.75. The van der Waals surface area contributed by atoms with Crippen molar-refractivity contribution in [2.45, 2.75) is 56.4 Å². The number of carbonyl (C=O) groups is 3. The van der Waals surface area contributed by atoms with Crippen LogP contribution in [-0.2, 0) is 19.1 Å². The minimum absolute atomic E-state index is 0.00214. The van der Waals surface area contributed by atoms with E-state index >= 15 is 0 Å². The lowest BCUT2D eigenvalue weighted by Crippen LogP contribution is -2.61. The molecule has 8 nitrogen and oxygen atoms in total. The minimum Gasteiger partial charge on any atom is -0.481 e. The third-order valence-corrected chi connectivity index (χ3v) is 6.22. The van der Waals surface area contributed by atoms with Gasteiger partial charge >= 0.3 is 17.9 Å². The van der Waals surface area contributed by atoms with Gasteiger partial charge in [-0.25, -0.2) is 4.79 Å². The van der Waals surface area contributed by atoms with Gasteiger partial charge in [-0.3, -0.25) is 14.5 Å². The summed E-state index contributed by atoms with van der Waals surface area (Å²) in [7, 11) is 3.15. The van der Waals surface area contributed by atoms with E-state index in [2.05, 4.69) is 0 Å². The van der Waals surface area contributed by atoms with E-state index in [0.717, 1.165) is 18.4 Å². The molecule has 2 saturated heterocycles. The first kappa shape index (κ1) is 21.3. The number of likely N-dealkylation sites (N-methyl/N-ethyl adjacent to an activating group) is 1. The third kappa shape index (κ3) is 4.13. The molecule has 3 rings (SSSR count). The van der Waals surface area contributed by atoms with Crippen molar-refractivity contribution in [3.8, 4) is 0 Å². The van der Waals surface area contributed by atoms with Crippen molar-refractivity contribution in [2.24, 2.45) is 5.92 Å². The summed E-state index contributed by atoms with van der Waals surface area (Å²) < 4.78 is 10.5. The molecule has 2 N–H and O–H groups in total. The highest BCUT2D eigenvalue weighted by Crippen LogP contribution is 2.40. The number of methoxy groups -OCH3 is 1. The molecule has 2 heterocycles. The lowest BCUT2D eigenvalue weighted by molar-refractivity contribution is -0.166. The molecule has 0 radical (unpaired) electrons. The number of hydrogen-bond donors (Lipinski definition) is 2. The molecule has 0 spiro atoms. The van der Waals surface area contributed by atoms with Gasteiger partial charge in [-0.15, -0.1) is 0 Å². The minimum atomic E-state index is -1.13. The molecular weight excluding hydrogens is 378 g/mol. The summed E-state index contributed by atoms with van der Waals surface area (Å²) >= 11 is 0. The second-order valence-corrected chi connectivity index (χ2v) is 7.91. The average Bonchev–Trinajstić information content (AvgIpc) is 2.98. The van der Waals surface area contributed by atoms with E-state index in [-0.39, 0.29) is 24.4 Å². The van der Waals surface area contributed by atoms with Crippen molar-refractivity contribution in [1.29, 1.82) is 0 Å². The maximum atomic E-state index is 12.7. The number of benzene rings is 1. The number of fused-ring (bicyclic) bond motifs is 2. The van der Waals surface area contributed by atoms with Gasteiger partial charge in [-0.1, -0.05) is 19.1 Å². The molecule has 1 aromatic carbocycles. The fourth-order valence-electron chi connectivity index (χ4n) is 4.58. The Kier molecular flexibility index (Phi) is 6.24. The highest BCUT2D eigenvalue weighted by Gasteiger charge is 2.55. The number of aliphatic hydroxyl groups excluding tert-OH is 1. The zero-order valence-corrected chi connectivity index (χ0v) is 16.8. The van der Waals surface area contributed by atoms with E-state index in [0.29, 0.717) is 5.56 Å². The van der Waals surface area contributed by atoms with Crippen LogP contribution >= 0.6 is 0 Å². The molecule has 2 aliphatic heterocycles. The number of ether oxygens (including phenoxy) is 2. The Hall–Kier alpha value is -2.45. The highest BCUT2D eigenvalue weighted by molar-refractivity contribution is 5.89. The van der Waals surface area contributed by atoms with Crippen LogP contribution in [0.15, 0.2) is 24.3 Å². The van der Waals surface area contributed by atoms with Gasteiger partial charge in [0.25, 0.3) is 0 Å². The number of carbonyl (C=O) groups excluding carboxylic acids is 2. The largest absolute Gasteiger partial charge is 0.481 e. The number of aliphatic hydroxyl groups is 1. The third-order valence-electron chi connectivity index (χ3n) is 6.22. The molecule has 29 heavy (non-hydrogen) atoms. The summed E-state index contributed by atoms with van der Waals surface area (Å²) in [6.07, 6.45) is -0.518. The highest BCUT2D eigenvalue weighted by atomic mass is 16.6. The Morgan fingerprint density at radius 1 is 1.17 bits per heavy atom. The number of esters is 2. The number of rotatable bonds is 6. The lowest BCUT2D eigenvalue weighted by Gasteiger charge is -2.43. The summed E-state index contributed by atoms with van der Waals surface area (Å²) in [4.78, 5) is 37.7. The van der Waals surface area contributed by atoms with E-state index in [1.165, 1.54) is 7.11 Å². The van der Waals surface area contributed by atoms with Crippen LogP contribution in [0.3, 0.4) is 0 Å². The van der Waals surface area contributed by atoms with Crippen LogP contribution in [0.2, 0.25) is 0 Å². The summed E-state index contributed by atoms with van der Waals surface area (Å²) in [6.45, 7) is 1.80. The average molecular weight is 405 g/mol. The van der Waals surface area contributed by atoms with Crippen LogP contribution < -0.4 is 0 Å². The van der Waals surface area contributed by atoms with Gasteiger partial charge in [0, 0.05) is 12.1 Å². The molecular formula is C21H27NO7. The van der Waals surface area contributed by atoms with E-state index in [9.17, 15) is 19.5 Å². The molecule has 0 amide bonds. The Balaban J connectivity index is 1.74. The number of hydrogen-bond acceptors (Lipinski definition) is 7. The van der Waals surface area contributed by atoms with Gasteiger partial charge in [0.2, 0.25) is 0 Å². The topological polar surface area (TPSA) is 113 Å². The number of carboxylic acids is 1. The van der Waals surface area contributed by atoms with Crippen molar-refractivity contribution in [3.05, 3.63) is 35.4 Å². The predicted octanol–water partition coefficient (Wildman–Crippen LogP) is 1.42. The van der Waals surface area contributed by atoms with Crippen LogP contribution in [-0.4, -0.2) is 71.5 Å². The predicted molar refractivity (Wildman–Crippen MR) is 102 cm³/mol. The SMILES string of the molecule is COC(=O)[C@@H]1[C@H]2CC[C@@H](C(OC(=O)c3ccc(C(C)CC(=O)O)cc3)[C@@H]1O)N2C. The van der Waals surface area contributed by atoms with Crippen LogP contribution in [0.1, 0.15) is 48.0 Å². The zero-order valence-electron chi connectivity index (χ0n) is 16.8. The molecule has 0 saturated carbocycles.